The lowest BCUT2D eigenvalue weighted by molar-refractivity contribution is -0.137. The number of nitrogens with zero attached hydrogens (tertiary/aromatic N) is 4. The first-order chi connectivity index (χ1) is 20.5. The number of rotatable bonds is 6. The zero-order valence-corrected chi connectivity index (χ0v) is 23.7. The van der Waals surface area contributed by atoms with E-state index in [4.69, 9.17) is 0 Å². The molecule has 220 valence electrons. The number of fused-ring (bicyclic) bond motifs is 2. The Labute approximate surface area is 245 Å². The highest BCUT2D eigenvalue weighted by Gasteiger charge is 2.31. The van der Waals surface area contributed by atoms with Crippen LogP contribution in [-0.4, -0.2) is 32.2 Å². The van der Waals surface area contributed by atoms with Crippen LogP contribution in [0.1, 0.15) is 45.6 Å². The molecule has 6 rings (SSSR count). The smallest absolute Gasteiger partial charge is 0.338 e. The summed E-state index contributed by atoms with van der Waals surface area (Å²) in [6.45, 7) is 5.01. The van der Waals surface area contributed by atoms with Crippen molar-refractivity contribution in [3.63, 3.8) is 0 Å². The van der Waals surface area contributed by atoms with Crippen molar-refractivity contribution in [1.29, 1.82) is 0 Å². The maximum Gasteiger partial charge on any atom is 0.416 e. The van der Waals surface area contributed by atoms with Crippen molar-refractivity contribution in [2.45, 2.75) is 32.5 Å². The molecule has 4 N–H and O–H groups in total. The van der Waals surface area contributed by atoms with Crippen LogP contribution in [0.4, 0.5) is 42.0 Å². The van der Waals surface area contributed by atoms with Gasteiger partial charge in [0.05, 0.1) is 10.9 Å². The second-order valence-electron chi connectivity index (χ2n) is 10.6. The number of hydrogen-bond donors (Lipinski definition) is 4. The van der Waals surface area contributed by atoms with Crippen LogP contribution in [0.3, 0.4) is 0 Å². The van der Waals surface area contributed by atoms with E-state index >= 15 is 0 Å². The van der Waals surface area contributed by atoms with Gasteiger partial charge in [0.25, 0.3) is 5.91 Å². The Morgan fingerprint density at radius 1 is 1.05 bits per heavy atom. The molecule has 9 nitrogen and oxygen atoms in total. The maximum atomic E-state index is 13.1. The van der Waals surface area contributed by atoms with E-state index in [0.29, 0.717) is 34.2 Å². The van der Waals surface area contributed by atoms with Gasteiger partial charge in [0.2, 0.25) is 5.95 Å². The third-order valence-corrected chi connectivity index (χ3v) is 7.49. The van der Waals surface area contributed by atoms with Crippen LogP contribution in [-0.2, 0) is 19.6 Å². The van der Waals surface area contributed by atoms with E-state index in [9.17, 15) is 18.0 Å². The van der Waals surface area contributed by atoms with Crippen molar-refractivity contribution in [2.75, 3.05) is 22.5 Å². The summed E-state index contributed by atoms with van der Waals surface area (Å²) in [7, 11) is 1.79. The first kappa shape index (κ1) is 28.2. The van der Waals surface area contributed by atoms with Gasteiger partial charge in [-0.1, -0.05) is 18.2 Å². The van der Waals surface area contributed by atoms with E-state index in [1.165, 1.54) is 23.3 Å². The second kappa shape index (κ2) is 11.0. The van der Waals surface area contributed by atoms with Crippen molar-refractivity contribution in [2.24, 2.45) is 7.05 Å². The molecule has 1 amide bonds. The van der Waals surface area contributed by atoms with Crippen molar-refractivity contribution < 1.29 is 18.0 Å². The van der Waals surface area contributed by atoms with Gasteiger partial charge in [0, 0.05) is 41.9 Å². The Bertz CT molecular complexity index is 1850. The fraction of sp³-hybridized carbons (Fsp3) is 0.226. The number of halogens is 3. The summed E-state index contributed by atoms with van der Waals surface area (Å²) in [6, 6.07) is 16.0. The highest BCUT2D eigenvalue weighted by atomic mass is 19.4. The largest absolute Gasteiger partial charge is 0.416 e. The molecule has 43 heavy (non-hydrogen) atoms. The van der Waals surface area contributed by atoms with Gasteiger partial charge < -0.3 is 21.3 Å². The zero-order chi connectivity index (χ0) is 30.3. The summed E-state index contributed by atoms with van der Waals surface area (Å²) < 4.78 is 41.0. The van der Waals surface area contributed by atoms with Gasteiger partial charge in [-0.3, -0.25) is 4.79 Å². The molecule has 0 fully saturated rings. The SMILES string of the molecule is Cc1ccc(NC(=O)c2cccc(C(F)(F)F)c2)cc1Nc1nn(C)c2nc(Nc3ccc4c(c3)C(C)NCC4)ncc12. The Kier molecular flexibility index (Phi) is 7.22. The molecule has 0 radical (unpaired) electrons. The van der Waals surface area contributed by atoms with Crippen LogP contribution in [0.5, 0.6) is 0 Å². The lowest BCUT2D eigenvalue weighted by Crippen LogP contribution is -2.27. The van der Waals surface area contributed by atoms with E-state index in [0.717, 1.165) is 36.3 Å². The van der Waals surface area contributed by atoms with Gasteiger partial charge >= 0.3 is 6.18 Å². The van der Waals surface area contributed by atoms with Crippen molar-refractivity contribution >= 4 is 45.8 Å². The fourth-order valence-electron chi connectivity index (χ4n) is 5.16. The third kappa shape index (κ3) is 5.86. The first-order valence-electron chi connectivity index (χ1n) is 13.7. The Balaban J connectivity index is 1.21. The number of alkyl halides is 3. The number of anilines is 5. The number of amides is 1. The molecular weight excluding hydrogens is 557 g/mol. The molecule has 1 aliphatic rings. The number of aromatic nitrogens is 4. The van der Waals surface area contributed by atoms with Gasteiger partial charge in [0.15, 0.2) is 11.5 Å². The summed E-state index contributed by atoms with van der Waals surface area (Å²) in [5, 5.41) is 18.0. The molecule has 1 atom stereocenters. The van der Waals surface area contributed by atoms with Crippen LogP contribution < -0.4 is 21.3 Å². The summed E-state index contributed by atoms with van der Waals surface area (Å²) >= 11 is 0. The highest BCUT2D eigenvalue weighted by Crippen LogP contribution is 2.32. The van der Waals surface area contributed by atoms with Crippen molar-refractivity contribution in [3.05, 3.63) is 94.7 Å². The standard InChI is InChI=1S/C31H29F3N8O/c1-17-7-9-23(37-29(43)20-5-4-6-21(13-20)31(32,33)34)15-26(17)39-27-25-16-36-30(40-28(25)42(3)41-27)38-22-10-8-19-11-12-35-18(2)24(19)14-22/h4-10,13-16,18,35H,11-12H2,1-3H3,(H,37,43)(H,39,41)(H,36,38,40). The molecule has 5 aromatic rings. The first-order valence-corrected chi connectivity index (χ1v) is 13.7. The number of hydrogen-bond acceptors (Lipinski definition) is 7. The number of nitrogens with one attached hydrogen (secondary N) is 4. The van der Waals surface area contributed by atoms with Gasteiger partial charge in [0.1, 0.15) is 0 Å². The summed E-state index contributed by atoms with van der Waals surface area (Å²) in [5.41, 5.74) is 5.05. The van der Waals surface area contributed by atoms with E-state index < -0.39 is 17.6 Å². The molecule has 0 bridgehead atoms. The third-order valence-electron chi connectivity index (χ3n) is 7.49. The van der Waals surface area contributed by atoms with E-state index in [1.54, 1.807) is 36.1 Å². The van der Waals surface area contributed by atoms with E-state index in [-0.39, 0.29) is 11.6 Å². The summed E-state index contributed by atoms with van der Waals surface area (Å²) in [5.74, 6) is 0.304. The molecule has 12 heteroatoms. The van der Waals surface area contributed by atoms with Gasteiger partial charge in [-0.05, 0) is 86.0 Å². The molecular formula is C31H29F3N8O. The summed E-state index contributed by atoms with van der Waals surface area (Å²) in [6.07, 6.45) is -1.85. The lowest BCUT2D eigenvalue weighted by atomic mass is 9.95. The minimum atomic E-state index is -4.54. The van der Waals surface area contributed by atoms with Gasteiger partial charge in [-0.15, -0.1) is 0 Å². The van der Waals surface area contributed by atoms with E-state index in [2.05, 4.69) is 55.4 Å². The molecule has 0 saturated carbocycles. The molecule has 0 spiro atoms. The Morgan fingerprint density at radius 3 is 2.67 bits per heavy atom. The number of benzene rings is 3. The molecule has 3 heterocycles. The van der Waals surface area contributed by atoms with Crippen LogP contribution >= 0.6 is 0 Å². The predicted octanol–water partition coefficient (Wildman–Crippen LogP) is 6.64. The molecule has 2 aromatic heterocycles. The quantitative estimate of drug-likeness (QED) is 0.177. The predicted molar refractivity (Wildman–Crippen MR) is 160 cm³/mol. The fourth-order valence-corrected chi connectivity index (χ4v) is 5.16. The van der Waals surface area contributed by atoms with Crippen molar-refractivity contribution in [3.8, 4) is 0 Å². The minimum Gasteiger partial charge on any atom is -0.338 e. The van der Waals surface area contributed by atoms with Crippen LogP contribution in [0.15, 0.2) is 66.9 Å². The summed E-state index contributed by atoms with van der Waals surface area (Å²) in [4.78, 5) is 21.9. The monoisotopic (exact) mass is 586 g/mol. The van der Waals surface area contributed by atoms with Gasteiger partial charge in [-0.2, -0.15) is 23.3 Å². The Hall–Kier alpha value is -4.97. The molecule has 1 aliphatic heterocycles. The van der Waals surface area contributed by atoms with Crippen LogP contribution in [0, 0.1) is 6.92 Å². The van der Waals surface area contributed by atoms with Crippen LogP contribution in [0.2, 0.25) is 0 Å². The number of aryl methyl sites for hydroxylation is 2. The second-order valence-corrected chi connectivity index (χ2v) is 10.6. The lowest BCUT2D eigenvalue weighted by Gasteiger charge is -2.24. The maximum absolute atomic E-state index is 13.1. The number of carbonyl (C=O) groups is 1. The number of carbonyl (C=O) groups excluding carboxylic acids is 1. The molecule has 0 aliphatic carbocycles. The molecule has 1 unspecified atom stereocenters. The minimum absolute atomic E-state index is 0.0937. The highest BCUT2D eigenvalue weighted by molar-refractivity contribution is 6.04. The zero-order valence-electron chi connectivity index (χ0n) is 23.7. The Morgan fingerprint density at radius 2 is 1.86 bits per heavy atom. The average Bonchev–Trinajstić information content (AvgIpc) is 3.29. The topological polar surface area (TPSA) is 109 Å². The van der Waals surface area contributed by atoms with E-state index in [1.807, 2.05) is 13.0 Å². The van der Waals surface area contributed by atoms with Gasteiger partial charge in [-0.25, -0.2) is 9.67 Å². The van der Waals surface area contributed by atoms with Crippen molar-refractivity contribution in [1.82, 2.24) is 25.1 Å². The normalized spacial score (nSPS) is 14.8. The molecule has 3 aromatic carbocycles. The molecule has 0 saturated heterocycles. The van der Waals surface area contributed by atoms with Crippen LogP contribution in [0.25, 0.3) is 11.0 Å². The average molecular weight is 587 g/mol.